The average Bonchev–Trinajstić information content (AvgIpc) is 3.38. The van der Waals surface area contributed by atoms with E-state index in [9.17, 15) is 18.0 Å². The maximum atomic E-state index is 12.6. The van der Waals surface area contributed by atoms with Gasteiger partial charge in [0.25, 0.3) is 0 Å². The molecule has 0 atom stereocenters. The van der Waals surface area contributed by atoms with Crippen molar-refractivity contribution < 1.29 is 18.0 Å². The number of nitrogens with one attached hydrogen (secondary N) is 1. The maximum absolute atomic E-state index is 12.6. The minimum atomic E-state index is -4.85. The summed E-state index contributed by atoms with van der Waals surface area (Å²) >= 11 is 0. The van der Waals surface area contributed by atoms with E-state index >= 15 is 0 Å². The molecule has 2 aromatic carbocycles. The highest BCUT2D eigenvalue weighted by Gasteiger charge is 2.54. The molecule has 0 unspecified atom stereocenters. The largest absolute Gasteiger partial charge is 0.471 e. The zero-order chi connectivity index (χ0) is 19.1. The first-order valence-electron chi connectivity index (χ1n) is 8.85. The molecule has 0 bridgehead atoms. The van der Waals surface area contributed by atoms with Gasteiger partial charge in [-0.1, -0.05) is 60.7 Å². The Balaban J connectivity index is 1.57. The second kappa shape index (κ2) is 6.44. The number of halogens is 3. The number of carbonyl (C=O) groups is 1. The predicted octanol–water partition coefficient (Wildman–Crippen LogP) is 4.19. The molecule has 140 valence electrons. The van der Waals surface area contributed by atoms with Crippen molar-refractivity contribution in [2.45, 2.75) is 30.6 Å². The fourth-order valence-corrected chi connectivity index (χ4v) is 3.60. The molecule has 0 saturated heterocycles. The van der Waals surface area contributed by atoms with Crippen LogP contribution in [0, 0.1) is 0 Å². The SMILES string of the molecule is O=C(NC1(C2=CN(C(c3ccccc3)c3ccccc3)C2)CC1)C(F)(F)F. The summed E-state index contributed by atoms with van der Waals surface area (Å²) in [5, 5.41) is 2.19. The molecule has 2 aliphatic rings. The normalized spacial score (nSPS) is 17.9. The first kappa shape index (κ1) is 17.6. The Morgan fingerprint density at radius 2 is 1.44 bits per heavy atom. The van der Waals surface area contributed by atoms with Crippen LogP contribution in [0.4, 0.5) is 13.2 Å². The van der Waals surface area contributed by atoms with Gasteiger partial charge in [0.1, 0.15) is 0 Å². The number of alkyl halides is 3. The molecule has 1 N–H and O–H groups in total. The Labute approximate surface area is 155 Å². The van der Waals surface area contributed by atoms with Crippen LogP contribution < -0.4 is 5.32 Å². The lowest BCUT2D eigenvalue weighted by molar-refractivity contribution is -0.174. The zero-order valence-electron chi connectivity index (χ0n) is 14.5. The van der Waals surface area contributed by atoms with E-state index in [1.54, 1.807) is 0 Å². The van der Waals surface area contributed by atoms with Gasteiger partial charge in [-0.25, -0.2) is 0 Å². The highest BCUT2D eigenvalue weighted by molar-refractivity contribution is 5.83. The minimum Gasteiger partial charge on any atom is -0.362 e. The molecule has 6 heteroatoms. The summed E-state index contributed by atoms with van der Waals surface area (Å²) in [6.07, 6.45) is -1.85. The molecule has 0 aromatic heterocycles. The molecule has 1 saturated carbocycles. The Morgan fingerprint density at radius 3 is 1.85 bits per heavy atom. The van der Waals surface area contributed by atoms with Crippen molar-refractivity contribution in [3.63, 3.8) is 0 Å². The number of nitrogens with zero attached hydrogens (tertiary/aromatic N) is 1. The zero-order valence-corrected chi connectivity index (χ0v) is 14.5. The van der Waals surface area contributed by atoms with Gasteiger partial charge >= 0.3 is 12.1 Å². The van der Waals surface area contributed by atoms with Crippen LogP contribution in [0.15, 0.2) is 72.4 Å². The van der Waals surface area contributed by atoms with E-state index in [2.05, 4.69) is 10.2 Å². The Hall–Kier alpha value is -2.76. The lowest BCUT2D eigenvalue weighted by Gasteiger charge is -2.42. The number of hydrogen-bond acceptors (Lipinski definition) is 2. The van der Waals surface area contributed by atoms with E-state index in [1.807, 2.05) is 66.9 Å². The first-order chi connectivity index (χ1) is 12.9. The maximum Gasteiger partial charge on any atom is 0.471 e. The number of carbonyl (C=O) groups excluding carboxylic acids is 1. The number of rotatable bonds is 5. The van der Waals surface area contributed by atoms with Crippen LogP contribution in [0.3, 0.4) is 0 Å². The quantitative estimate of drug-likeness (QED) is 0.854. The highest BCUT2D eigenvalue weighted by atomic mass is 19.4. The summed E-state index contributed by atoms with van der Waals surface area (Å²) in [6.45, 7) is 0.534. The highest BCUT2D eigenvalue weighted by Crippen LogP contribution is 2.48. The summed E-state index contributed by atoms with van der Waals surface area (Å²) in [4.78, 5) is 13.5. The van der Waals surface area contributed by atoms with Gasteiger partial charge in [0.05, 0.1) is 11.6 Å². The van der Waals surface area contributed by atoms with E-state index in [-0.39, 0.29) is 6.04 Å². The third-order valence-corrected chi connectivity index (χ3v) is 5.21. The van der Waals surface area contributed by atoms with E-state index in [1.165, 1.54) is 0 Å². The van der Waals surface area contributed by atoms with Crippen molar-refractivity contribution in [1.82, 2.24) is 10.2 Å². The van der Waals surface area contributed by atoms with Crippen LogP contribution in [0.25, 0.3) is 0 Å². The first-order valence-corrected chi connectivity index (χ1v) is 8.85. The molecular formula is C21H19F3N2O. The summed E-state index contributed by atoms with van der Waals surface area (Å²) in [7, 11) is 0. The van der Waals surface area contributed by atoms with Crippen molar-refractivity contribution in [2.75, 3.05) is 6.54 Å². The molecular weight excluding hydrogens is 353 g/mol. The molecule has 4 rings (SSSR count). The van der Waals surface area contributed by atoms with Crippen LogP contribution in [0.1, 0.15) is 30.0 Å². The van der Waals surface area contributed by atoms with Gasteiger partial charge in [0.2, 0.25) is 0 Å². The standard InChI is InChI=1S/C21H19F3N2O/c22-21(23,24)19(27)25-20(11-12-20)17-13-26(14-17)18(15-7-3-1-4-8-15)16-9-5-2-6-10-16/h1-10,13,18H,11-12,14H2,(H,25,27). The van der Waals surface area contributed by atoms with E-state index in [0.717, 1.165) is 16.7 Å². The molecule has 1 aliphatic carbocycles. The summed E-state index contributed by atoms with van der Waals surface area (Å²) in [5.74, 6) is -1.86. The fourth-order valence-electron chi connectivity index (χ4n) is 3.60. The molecule has 1 aliphatic heterocycles. The van der Waals surface area contributed by atoms with E-state index in [4.69, 9.17) is 0 Å². The molecule has 27 heavy (non-hydrogen) atoms. The second-order valence-electron chi connectivity index (χ2n) is 7.08. The molecule has 3 nitrogen and oxygen atoms in total. The number of benzene rings is 2. The number of hydrogen-bond donors (Lipinski definition) is 1. The van der Waals surface area contributed by atoms with Gasteiger partial charge in [0.15, 0.2) is 0 Å². The molecule has 2 aromatic rings. The smallest absolute Gasteiger partial charge is 0.362 e. The third-order valence-electron chi connectivity index (χ3n) is 5.21. The molecule has 1 fully saturated rings. The van der Waals surface area contributed by atoms with Gasteiger partial charge in [-0.15, -0.1) is 0 Å². The summed E-state index contributed by atoms with van der Waals surface area (Å²) in [5.41, 5.74) is 2.27. The fraction of sp³-hybridized carbons (Fsp3) is 0.286. The van der Waals surface area contributed by atoms with Crippen molar-refractivity contribution in [2.24, 2.45) is 0 Å². The van der Waals surface area contributed by atoms with E-state index in [0.29, 0.717) is 19.4 Å². The van der Waals surface area contributed by atoms with Crippen LogP contribution in [-0.2, 0) is 4.79 Å². The topological polar surface area (TPSA) is 32.3 Å². The van der Waals surface area contributed by atoms with Gasteiger partial charge < -0.3 is 10.2 Å². The van der Waals surface area contributed by atoms with Gasteiger partial charge in [-0.3, -0.25) is 4.79 Å². The lowest BCUT2D eigenvalue weighted by atomic mass is 9.92. The van der Waals surface area contributed by atoms with Crippen molar-refractivity contribution in [3.05, 3.63) is 83.6 Å². The number of amides is 1. The van der Waals surface area contributed by atoms with Gasteiger partial charge in [-0.05, 0) is 29.5 Å². The second-order valence-corrected chi connectivity index (χ2v) is 7.08. The van der Waals surface area contributed by atoms with Crippen molar-refractivity contribution in [3.8, 4) is 0 Å². The van der Waals surface area contributed by atoms with Crippen molar-refractivity contribution >= 4 is 5.91 Å². The molecule has 0 spiro atoms. The van der Waals surface area contributed by atoms with Crippen LogP contribution in [0.5, 0.6) is 0 Å². The van der Waals surface area contributed by atoms with Crippen molar-refractivity contribution in [1.29, 1.82) is 0 Å². The molecule has 0 radical (unpaired) electrons. The summed E-state index contributed by atoms with van der Waals surface area (Å²) in [6, 6.07) is 20.0. The van der Waals surface area contributed by atoms with Gasteiger partial charge in [0, 0.05) is 12.7 Å². The van der Waals surface area contributed by atoms with Gasteiger partial charge in [-0.2, -0.15) is 13.2 Å². The van der Waals surface area contributed by atoms with Crippen LogP contribution in [-0.4, -0.2) is 29.1 Å². The Kier molecular flexibility index (Phi) is 4.21. The lowest BCUT2D eigenvalue weighted by Crippen LogP contribution is -2.50. The van der Waals surface area contributed by atoms with Crippen LogP contribution >= 0.6 is 0 Å². The Bertz CT molecular complexity index is 819. The average molecular weight is 372 g/mol. The predicted molar refractivity (Wildman–Crippen MR) is 95.7 cm³/mol. The molecule has 1 heterocycles. The minimum absolute atomic E-state index is 0.00901. The summed E-state index contributed by atoms with van der Waals surface area (Å²) < 4.78 is 37.8. The monoisotopic (exact) mass is 372 g/mol. The van der Waals surface area contributed by atoms with Crippen LogP contribution in [0.2, 0.25) is 0 Å². The third kappa shape index (κ3) is 3.44. The molecule has 1 amide bonds. The Morgan fingerprint density at radius 1 is 0.963 bits per heavy atom. The van der Waals surface area contributed by atoms with E-state index < -0.39 is 17.6 Å².